The number of carbonyl (C=O) groups excluding carboxylic acids is 1. The minimum absolute atomic E-state index is 0.0146. The normalized spacial score (nSPS) is 17.2. The summed E-state index contributed by atoms with van der Waals surface area (Å²) in [6.07, 6.45) is 2.83. The fourth-order valence-corrected chi connectivity index (χ4v) is 2.38. The fraction of sp³-hybridized carbons (Fsp3) is 0.133. The van der Waals surface area contributed by atoms with Gasteiger partial charge in [-0.15, -0.1) is 0 Å². The van der Waals surface area contributed by atoms with Crippen molar-refractivity contribution in [2.75, 3.05) is 6.61 Å². The van der Waals surface area contributed by atoms with Crippen LogP contribution < -0.4 is 5.73 Å². The molecule has 1 amide bonds. The first kappa shape index (κ1) is 12.2. The van der Waals surface area contributed by atoms with E-state index in [1.54, 1.807) is 12.2 Å². The highest BCUT2D eigenvalue weighted by atomic mass is 16.5. The Morgan fingerprint density at radius 3 is 2.67 bits per heavy atom. The molecule has 0 spiro atoms. The topological polar surface area (TPSA) is 52.3 Å². The summed E-state index contributed by atoms with van der Waals surface area (Å²) >= 11 is 0. The number of nitrogens with two attached hydrogens (primary N) is 1. The number of amides is 1. The van der Waals surface area contributed by atoms with Crippen molar-refractivity contribution < 1.29 is 9.53 Å². The molecule has 2 rings (SSSR count). The zero-order chi connectivity index (χ0) is 13.1. The Hall–Kier alpha value is -2.29. The number of carbonyl (C=O) groups is 1. The van der Waals surface area contributed by atoms with Crippen molar-refractivity contribution in [2.24, 2.45) is 5.73 Å². The van der Waals surface area contributed by atoms with Crippen molar-refractivity contribution in [1.29, 1.82) is 0 Å². The third-order valence-electron chi connectivity index (χ3n) is 3.13. The molecule has 0 saturated carbocycles. The minimum Gasteiger partial charge on any atom is -0.449 e. The molecule has 0 aromatic heterocycles. The van der Waals surface area contributed by atoms with Crippen LogP contribution in [0.2, 0.25) is 0 Å². The zero-order valence-electron chi connectivity index (χ0n) is 10.1. The summed E-state index contributed by atoms with van der Waals surface area (Å²) in [5, 5.41) is 0. The maximum atomic E-state index is 10.8. The number of rotatable bonds is 4. The van der Waals surface area contributed by atoms with Gasteiger partial charge in [0.15, 0.2) is 0 Å². The van der Waals surface area contributed by atoms with Crippen molar-refractivity contribution in [3.8, 4) is 0 Å². The van der Waals surface area contributed by atoms with Gasteiger partial charge in [-0.1, -0.05) is 49.6 Å². The van der Waals surface area contributed by atoms with Gasteiger partial charge < -0.3 is 10.5 Å². The number of benzene rings is 1. The van der Waals surface area contributed by atoms with Crippen LogP contribution in [0.15, 0.2) is 55.1 Å². The molecule has 1 unspecified atom stereocenters. The summed E-state index contributed by atoms with van der Waals surface area (Å²) in [5.74, 6) is -0.0146. The van der Waals surface area contributed by atoms with E-state index in [4.69, 9.17) is 10.5 Å². The van der Waals surface area contributed by atoms with Crippen LogP contribution >= 0.6 is 0 Å². The van der Waals surface area contributed by atoms with Crippen LogP contribution in [-0.2, 0) is 4.74 Å². The number of hydrogen-bond donors (Lipinski definition) is 1. The van der Waals surface area contributed by atoms with Gasteiger partial charge in [-0.05, 0) is 22.3 Å². The van der Waals surface area contributed by atoms with Gasteiger partial charge in [-0.25, -0.2) is 4.79 Å². The van der Waals surface area contributed by atoms with Gasteiger partial charge >= 0.3 is 6.09 Å². The lowest BCUT2D eigenvalue weighted by atomic mass is 9.97. The highest BCUT2D eigenvalue weighted by Crippen LogP contribution is 2.42. The van der Waals surface area contributed by atoms with Crippen molar-refractivity contribution in [3.63, 3.8) is 0 Å². The molecule has 3 heteroatoms. The van der Waals surface area contributed by atoms with Crippen LogP contribution in [0.25, 0.3) is 5.57 Å². The summed E-state index contributed by atoms with van der Waals surface area (Å²) in [6.45, 7) is 7.88. The third kappa shape index (κ3) is 1.95. The van der Waals surface area contributed by atoms with Crippen LogP contribution in [-0.4, -0.2) is 12.7 Å². The van der Waals surface area contributed by atoms with E-state index in [0.717, 1.165) is 22.3 Å². The van der Waals surface area contributed by atoms with Crippen LogP contribution in [0.3, 0.4) is 0 Å². The van der Waals surface area contributed by atoms with Crippen molar-refractivity contribution >= 4 is 11.7 Å². The molecule has 92 valence electrons. The Morgan fingerprint density at radius 1 is 1.33 bits per heavy atom. The van der Waals surface area contributed by atoms with Crippen molar-refractivity contribution in [2.45, 2.75) is 5.92 Å². The molecular weight excluding hydrogens is 226 g/mol. The Kier molecular flexibility index (Phi) is 3.33. The maximum absolute atomic E-state index is 10.8. The third-order valence-corrected chi connectivity index (χ3v) is 3.13. The van der Waals surface area contributed by atoms with E-state index >= 15 is 0 Å². The quantitative estimate of drug-likeness (QED) is 0.881. The molecule has 1 aromatic carbocycles. The van der Waals surface area contributed by atoms with E-state index in [9.17, 15) is 4.79 Å². The average molecular weight is 241 g/mol. The average Bonchev–Trinajstić information content (AvgIpc) is 2.69. The molecule has 0 bridgehead atoms. The Morgan fingerprint density at radius 2 is 2.06 bits per heavy atom. The first-order chi connectivity index (χ1) is 8.69. The number of ether oxygens (including phenoxy) is 1. The number of fused-ring (bicyclic) bond motifs is 1. The lowest BCUT2D eigenvalue weighted by molar-refractivity contribution is 0.153. The maximum Gasteiger partial charge on any atom is 0.404 e. The van der Waals surface area contributed by atoms with E-state index in [-0.39, 0.29) is 12.5 Å². The lowest BCUT2D eigenvalue weighted by Gasteiger charge is -2.13. The minimum atomic E-state index is -0.761. The van der Waals surface area contributed by atoms with Gasteiger partial charge in [0.25, 0.3) is 0 Å². The van der Waals surface area contributed by atoms with Gasteiger partial charge in [-0.2, -0.15) is 0 Å². The largest absolute Gasteiger partial charge is 0.449 e. The molecular formula is C15H15NO2. The van der Waals surface area contributed by atoms with E-state index in [0.29, 0.717) is 0 Å². The molecule has 1 aromatic rings. The summed E-state index contributed by atoms with van der Waals surface area (Å²) in [4.78, 5) is 10.8. The van der Waals surface area contributed by atoms with Gasteiger partial charge in [-0.3, -0.25) is 0 Å². The summed E-state index contributed by atoms with van der Waals surface area (Å²) in [6, 6.07) is 7.98. The molecule has 0 heterocycles. The van der Waals surface area contributed by atoms with E-state index in [1.165, 1.54) is 0 Å². The van der Waals surface area contributed by atoms with Gasteiger partial charge in [0.2, 0.25) is 0 Å². The molecule has 0 aliphatic heterocycles. The van der Waals surface area contributed by atoms with Crippen LogP contribution in [0.1, 0.15) is 17.0 Å². The molecule has 3 nitrogen and oxygen atoms in total. The second-order valence-corrected chi connectivity index (χ2v) is 4.05. The van der Waals surface area contributed by atoms with E-state index < -0.39 is 6.09 Å². The van der Waals surface area contributed by atoms with Crippen LogP contribution in [0, 0.1) is 0 Å². The van der Waals surface area contributed by atoms with Crippen LogP contribution in [0.4, 0.5) is 4.79 Å². The van der Waals surface area contributed by atoms with E-state index in [1.807, 2.05) is 24.3 Å². The summed E-state index contributed by atoms with van der Waals surface area (Å²) < 4.78 is 4.93. The molecule has 1 atom stereocenters. The Balaban J connectivity index is 2.44. The Labute approximate surface area is 106 Å². The molecule has 2 N–H and O–H groups in total. The lowest BCUT2D eigenvalue weighted by Crippen LogP contribution is -2.17. The zero-order valence-corrected chi connectivity index (χ0v) is 10.1. The summed E-state index contributed by atoms with van der Waals surface area (Å²) in [7, 11) is 0. The predicted octanol–water partition coefficient (Wildman–Crippen LogP) is 3.00. The fourth-order valence-electron chi connectivity index (χ4n) is 2.38. The van der Waals surface area contributed by atoms with Crippen molar-refractivity contribution in [1.82, 2.24) is 0 Å². The smallest absolute Gasteiger partial charge is 0.404 e. The second-order valence-electron chi connectivity index (χ2n) is 4.05. The highest BCUT2D eigenvalue weighted by molar-refractivity contribution is 5.86. The molecule has 1 aliphatic rings. The first-order valence-corrected chi connectivity index (χ1v) is 5.69. The Bertz CT molecular complexity index is 543. The molecule has 0 radical (unpaired) electrons. The summed E-state index contributed by atoms with van der Waals surface area (Å²) in [5.41, 5.74) is 9.31. The number of primary amides is 1. The molecule has 18 heavy (non-hydrogen) atoms. The SMILES string of the molecule is C=CC1=C(C=C)C(COC(N)=O)c2ccccc21. The number of allylic oxidation sites excluding steroid dienone is 3. The number of hydrogen-bond acceptors (Lipinski definition) is 2. The predicted molar refractivity (Wildman–Crippen MR) is 72.0 cm³/mol. The van der Waals surface area contributed by atoms with Gasteiger partial charge in [0.1, 0.15) is 6.61 Å². The molecule has 0 fully saturated rings. The van der Waals surface area contributed by atoms with Crippen LogP contribution in [0.5, 0.6) is 0 Å². The van der Waals surface area contributed by atoms with Gasteiger partial charge in [0, 0.05) is 5.92 Å². The van der Waals surface area contributed by atoms with Gasteiger partial charge in [0.05, 0.1) is 0 Å². The monoisotopic (exact) mass is 241 g/mol. The molecule has 0 saturated heterocycles. The second kappa shape index (κ2) is 4.92. The molecule has 1 aliphatic carbocycles. The standard InChI is InChI=1S/C15H15NO2/c1-3-10-11(4-2)14(9-18-15(16)17)13-8-6-5-7-12(10)13/h3-8,14H,1-2,9H2,(H2,16,17). The van der Waals surface area contributed by atoms with E-state index in [2.05, 4.69) is 13.2 Å². The first-order valence-electron chi connectivity index (χ1n) is 5.69. The van der Waals surface area contributed by atoms with Crippen molar-refractivity contribution in [3.05, 3.63) is 66.3 Å². The highest BCUT2D eigenvalue weighted by Gasteiger charge is 2.28.